The van der Waals surface area contributed by atoms with Crippen LogP contribution in [0.1, 0.15) is 52.8 Å². The van der Waals surface area contributed by atoms with E-state index in [2.05, 4.69) is 11.9 Å². The Hall–Kier alpha value is -2.66. The number of fused-ring (bicyclic) bond motifs is 3. The molecule has 32 heavy (non-hydrogen) atoms. The summed E-state index contributed by atoms with van der Waals surface area (Å²) in [6, 6.07) is 18.8. The zero-order chi connectivity index (χ0) is 22.1. The fraction of sp³-hybridized carbons (Fsp3) is 0.481. The molecule has 1 heterocycles. The molecule has 5 rings (SSSR count). The summed E-state index contributed by atoms with van der Waals surface area (Å²) in [6.45, 7) is 1.14. The molecule has 0 N–H and O–H groups in total. The van der Waals surface area contributed by atoms with Gasteiger partial charge in [0.15, 0.2) is 0 Å². The molecule has 0 amide bonds. The van der Waals surface area contributed by atoms with Gasteiger partial charge >= 0.3 is 11.9 Å². The first-order chi connectivity index (χ1) is 15.6. The van der Waals surface area contributed by atoms with E-state index in [0.717, 1.165) is 25.8 Å². The highest BCUT2D eigenvalue weighted by atomic mass is 16.6. The van der Waals surface area contributed by atoms with Crippen molar-refractivity contribution in [2.24, 2.45) is 17.8 Å². The Morgan fingerprint density at radius 3 is 1.91 bits per heavy atom. The van der Waals surface area contributed by atoms with Gasteiger partial charge in [-0.2, -0.15) is 0 Å². The largest absolute Gasteiger partial charge is 0.455 e. The van der Waals surface area contributed by atoms with E-state index in [4.69, 9.17) is 9.47 Å². The monoisotopic (exact) mass is 433 g/mol. The minimum absolute atomic E-state index is 0.342. The summed E-state index contributed by atoms with van der Waals surface area (Å²) in [5.41, 5.74) is 1.06. The Labute approximate surface area is 189 Å². The molecule has 5 nitrogen and oxygen atoms in total. The number of rotatable bonds is 4. The first kappa shape index (κ1) is 21.2. The van der Waals surface area contributed by atoms with Gasteiger partial charge in [0.1, 0.15) is 12.2 Å². The van der Waals surface area contributed by atoms with Gasteiger partial charge in [-0.1, -0.05) is 36.4 Å². The van der Waals surface area contributed by atoms with Crippen LogP contribution < -0.4 is 0 Å². The van der Waals surface area contributed by atoms with Gasteiger partial charge in [0, 0.05) is 6.04 Å². The highest BCUT2D eigenvalue weighted by molar-refractivity contribution is 5.90. The first-order valence-corrected chi connectivity index (χ1v) is 11.8. The van der Waals surface area contributed by atoms with Crippen LogP contribution in [0.5, 0.6) is 0 Å². The first-order valence-electron chi connectivity index (χ1n) is 11.8. The smallest absolute Gasteiger partial charge is 0.338 e. The van der Waals surface area contributed by atoms with Crippen molar-refractivity contribution < 1.29 is 19.1 Å². The van der Waals surface area contributed by atoms with Gasteiger partial charge in [-0.05, 0) is 87.7 Å². The Morgan fingerprint density at radius 1 is 0.750 bits per heavy atom. The van der Waals surface area contributed by atoms with Crippen LogP contribution in [0, 0.1) is 17.8 Å². The number of nitrogens with zero attached hydrogens (tertiary/aromatic N) is 1. The molecule has 1 aliphatic heterocycles. The zero-order valence-electron chi connectivity index (χ0n) is 18.6. The lowest BCUT2D eigenvalue weighted by molar-refractivity contribution is -0.0930. The van der Waals surface area contributed by atoms with E-state index in [1.807, 2.05) is 36.4 Å². The van der Waals surface area contributed by atoms with Crippen molar-refractivity contribution in [2.45, 2.75) is 50.4 Å². The van der Waals surface area contributed by atoms with Crippen molar-refractivity contribution >= 4 is 11.9 Å². The van der Waals surface area contributed by atoms with Gasteiger partial charge in [0.25, 0.3) is 0 Å². The second-order valence-corrected chi connectivity index (χ2v) is 9.59. The van der Waals surface area contributed by atoms with Gasteiger partial charge in [-0.25, -0.2) is 9.59 Å². The van der Waals surface area contributed by atoms with Crippen LogP contribution in [0.15, 0.2) is 60.7 Å². The molecule has 0 spiro atoms. The van der Waals surface area contributed by atoms with E-state index in [9.17, 15) is 9.59 Å². The minimum Gasteiger partial charge on any atom is -0.455 e. The summed E-state index contributed by atoms with van der Waals surface area (Å²) >= 11 is 0. The summed E-state index contributed by atoms with van der Waals surface area (Å²) < 4.78 is 12.0. The molecule has 0 bridgehead atoms. The third-order valence-electron chi connectivity index (χ3n) is 7.85. The lowest BCUT2D eigenvalue weighted by Gasteiger charge is -2.48. The maximum atomic E-state index is 12.9. The van der Waals surface area contributed by atoms with Crippen LogP contribution in [0.2, 0.25) is 0 Å². The highest BCUT2D eigenvalue weighted by Crippen LogP contribution is 2.50. The van der Waals surface area contributed by atoms with E-state index in [1.165, 1.54) is 12.8 Å². The van der Waals surface area contributed by atoms with Gasteiger partial charge in [-0.15, -0.1) is 0 Å². The quantitative estimate of drug-likeness (QED) is 0.661. The van der Waals surface area contributed by atoms with Crippen molar-refractivity contribution in [1.29, 1.82) is 0 Å². The highest BCUT2D eigenvalue weighted by Gasteiger charge is 2.50. The van der Waals surface area contributed by atoms with Crippen molar-refractivity contribution in [1.82, 2.24) is 4.90 Å². The van der Waals surface area contributed by atoms with E-state index in [-0.39, 0.29) is 11.9 Å². The average molecular weight is 434 g/mol. The molecule has 6 atom stereocenters. The molecule has 0 radical (unpaired) electrons. The standard InChI is InChI=1S/C27H31NO4/c1-28-15-14-21-22-17-25(32-27(30)19-10-6-3-7-11-19)24(16-20(22)12-13-23(21)28)31-26(29)18-8-4-2-5-9-18/h2-11,20-25H,12-17H2,1H3. The average Bonchev–Trinajstić information content (AvgIpc) is 3.21. The van der Waals surface area contributed by atoms with Gasteiger partial charge in [0.05, 0.1) is 11.1 Å². The lowest BCUT2D eigenvalue weighted by Crippen LogP contribution is -2.50. The third kappa shape index (κ3) is 4.18. The molecule has 3 fully saturated rings. The van der Waals surface area contributed by atoms with E-state index in [0.29, 0.717) is 34.9 Å². The molecule has 1 saturated heterocycles. The van der Waals surface area contributed by atoms with Crippen LogP contribution in [0.4, 0.5) is 0 Å². The maximum absolute atomic E-state index is 12.9. The fourth-order valence-corrected chi connectivity index (χ4v) is 6.26. The van der Waals surface area contributed by atoms with E-state index >= 15 is 0 Å². The lowest BCUT2D eigenvalue weighted by atomic mass is 9.62. The molecule has 2 aromatic carbocycles. The molecule has 2 aromatic rings. The number of hydrogen-bond donors (Lipinski definition) is 0. The Kier molecular flexibility index (Phi) is 6.01. The number of carbonyl (C=O) groups is 2. The molecular formula is C27H31NO4. The Bertz CT molecular complexity index is 947. The van der Waals surface area contributed by atoms with Crippen molar-refractivity contribution in [3.8, 4) is 0 Å². The predicted molar refractivity (Wildman–Crippen MR) is 121 cm³/mol. The van der Waals surface area contributed by atoms with Crippen LogP contribution in [0.25, 0.3) is 0 Å². The number of carbonyl (C=O) groups excluding carboxylic acids is 2. The normalized spacial score (nSPS) is 31.9. The number of hydrogen-bond acceptors (Lipinski definition) is 5. The molecule has 168 valence electrons. The molecule has 5 heteroatoms. The van der Waals surface area contributed by atoms with Crippen LogP contribution >= 0.6 is 0 Å². The molecular weight excluding hydrogens is 402 g/mol. The topological polar surface area (TPSA) is 55.8 Å². The molecule has 3 aliphatic rings. The summed E-state index contributed by atoms with van der Waals surface area (Å²) in [5, 5.41) is 0. The molecule has 2 saturated carbocycles. The second kappa shape index (κ2) is 9.07. The third-order valence-corrected chi connectivity index (χ3v) is 7.85. The maximum Gasteiger partial charge on any atom is 0.338 e. The molecule has 2 aliphatic carbocycles. The predicted octanol–water partition coefficient (Wildman–Crippen LogP) is 4.58. The summed E-state index contributed by atoms with van der Waals surface area (Å²) in [4.78, 5) is 28.2. The summed E-state index contributed by atoms with van der Waals surface area (Å²) in [6.07, 6.45) is 4.27. The van der Waals surface area contributed by atoms with Gasteiger partial charge in [-0.3, -0.25) is 0 Å². The van der Waals surface area contributed by atoms with E-state index < -0.39 is 12.2 Å². The van der Waals surface area contributed by atoms with Gasteiger partial charge in [0.2, 0.25) is 0 Å². The number of esters is 2. The van der Waals surface area contributed by atoms with Gasteiger partial charge < -0.3 is 14.4 Å². The Morgan fingerprint density at radius 2 is 1.31 bits per heavy atom. The van der Waals surface area contributed by atoms with Crippen LogP contribution in [0.3, 0.4) is 0 Å². The zero-order valence-corrected chi connectivity index (χ0v) is 18.6. The van der Waals surface area contributed by atoms with Crippen molar-refractivity contribution in [2.75, 3.05) is 13.6 Å². The van der Waals surface area contributed by atoms with Crippen LogP contribution in [-0.2, 0) is 9.47 Å². The minimum atomic E-state index is -0.415. The molecule has 6 unspecified atom stereocenters. The summed E-state index contributed by atoms with van der Waals surface area (Å²) in [7, 11) is 2.23. The molecule has 0 aromatic heterocycles. The fourth-order valence-electron chi connectivity index (χ4n) is 6.26. The van der Waals surface area contributed by atoms with Crippen molar-refractivity contribution in [3.05, 3.63) is 71.8 Å². The number of ether oxygens (including phenoxy) is 2. The number of likely N-dealkylation sites (tertiary alicyclic amines) is 1. The SMILES string of the molecule is CN1CCC2C3CC(OC(=O)c4ccccc4)C(OC(=O)c4ccccc4)CC3CCC21. The number of benzene rings is 2. The van der Waals surface area contributed by atoms with Crippen LogP contribution in [-0.4, -0.2) is 48.7 Å². The van der Waals surface area contributed by atoms with Crippen molar-refractivity contribution in [3.63, 3.8) is 0 Å². The summed E-state index contributed by atoms with van der Waals surface area (Å²) in [5.74, 6) is 0.985. The second-order valence-electron chi connectivity index (χ2n) is 9.59. The van der Waals surface area contributed by atoms with E-state index in [1.54, 1.807) is 24.3 Å². The Balaban J connectivity index is 1.36.